The fraction of sp³-hybridized carbons (Fsp3) is 0.357. The molecule has 0 fully saturated rings. The third-order valence-corrected chi connectivity index (χ3v) is 2.60. The van der Waals surface area contributed by atoms with E-state index in [0.717, 1.165) is 16.7 Å². The number of aromatic nitrogens is 1. The van der Waals surface area contributed by atoms with Crippen LogP contribution in [0.5, 0.6) is 5.75 Å². The molecule has 2 aromatic rings. The van der Waals surface area contributed by atoms with Gasteiger partial charge in [0.05, 0.1) is 12.2 Å². The first kappa shape index (κ1) is 11.9. The average molecular weight is 231 g/mol. The molecule has 3 heteroatoms. The largest absolute Gasteiger partial charge is 0.488 e. The number of para-hydroxylation sites is 1. The van der Waals surface area contributed by atoms with E-state index in [1.54, 1.807) is 13.1 Å². The molecule has 2 unspecified atom stereocenters. The standard InChI is InChI=1S/C14H17NO2/c1-10(16)9-11(2)17-13-7-3-5-12-6-4-8-15-14(12)13/h3-8,10-11,16H,9H2,1-2H3. The van der Waals surface area contributed by atoms with Crippen molar-refractivity contribution in [2.24, 2.45) is 0 Å². The van der Waals surface area contributed by atoms with Crippen molar-refractivity contribution in [3.05, 3.63) is 36.5 Å². The lowest BCUT2D eigenvalue weighted by Crippen LogP contribution is -2.18. The predicted octanol–water partition coefficient (Wildman–Crippen LogP) is 2.77. The minimum atomic E-state index is -0.354. The first-order chi connectivity index (χ1) is 8.16. The zero-order valence-corrected chi connectivity index (χ0v) is 10.1. The van der Waals surface area contributed by atoms with Crippen molar-refractivity contribution in [1.29, 1.82) is 0 Å². The summed E-state index contributed by atoms with van der Waals surface area (Å²) >= 11 is 0. The minimum absolute atomic E-state index is 0.0254. The van der Waals surface area contributed by atoms with Crippen LogP contribution in [0.3, 0.4) is 0 Å². The Morgan fingerprint density at radius 1 is 1.24 bits per heavy atom. The van der Waals surface area contributed by atoms with Gasteiger partial charge in [0.25, 0.3) is 0 Å². The highest BCUT2D eigenvalue weighted by atomic mass is 16.5. The Labute approximate surface area is 101 Å². The summed E-state index contributed by atoms with van der Waals surface area (Å²) in [5.74, 6) is 0.774. The second kappa shape index (κ2) is 5.15. The maximum Gasteiger partial charge on any atom is 0.145 e. The Bertz CT molecular complexity index is 491. The molecule has 1 N–H and O–H groups in total. The van der Waals surface area contributed by atoms with Crippen molar-refractivity contribution in [3.63, 3.8) is 0 Å². The molecule has 0 spiro atoms. The van der Waals surface area contributed by atoms with Crippen molar-refractivity contribution < 1.29 is 9.84 Å². The van der Waals surface area contributed by atoms with E-state index in [0.29, 0.717) is 6.42 Å². The number of rotatable bonds is 4. The van der Waals surface area contributed by atoms with E-state index in [2.05, 4.69) is 4.98 Å². The van der Waals surface area contributed by atoms with Crippen molar-refractivity contribution in [2.45, 2.75) is 32.5 Å². The molecule has 0 saturated carbocycles. The van der Waals surface area contributed by atoms with Crippen LogP contribution in [0.2, 0.25) is 0 Å². The summed E-state index contributed by atoms with van der Waals surface area (Å²) in [6.07, 6.45) is 1.99. The van der Waals surface area contributed by atoms with Crippen molar-refractivity contribution in [1.82, 2.24) is 4.98 Å². The monoisotopic (exact) mass is 231 g/mol. The number of aliphatic hydroxyl groups is 1. The molecule has 0 aliphatic carbocycles. The zero-order valence-electron chi connectivity index (χ0n) is 10.1. The van der Waals surface area contributed by atoms with Crippen LogP contribution in [0.25, 0.3) is 10.9 Å². The van der Waals surface area contributed by atoms with Crippen molar-refractivity contribution in [2.75, 3.05) is 0 Å². The van der Waals surface area contributed by atoms with Gasteiger partial charge >= 0.3 is 0 Å². The van der Waals surface area contributed by atoms with Crippen molar-refractivity contribution in [3.8, 4) is 5.75 Å². The van der Waals surface area contributed by atoms with Crippen LogP contribution in [-0.2, 0) is 0 Å². The molecular formula is C14H17NO2. The molecule has 0 aliphatic rings. The molecule has 90 valence electrons. The number of hydrogen-bond acceptors (Lipinski definition) is 3. The number of nitrogens with zero attached hydrogens (tertiary/aromatic N) is 1. The molecule has 2 rings (SSSR count). The zero-order chi connectivity index (χ0) is 12.3. The van der Waals surface area contributed by atoms with Gasteiger partial charge in [-0.15, -0.1) is 0 Å². The Kier molecular flexibility index (Phi) is 3.59. The maximum absolute atomic E-state index is 9.32. The lowest BCUT2D eigenvalue weighted by atomic mass is 10.2. The van der Waals surface area contributed by atoms with E-state index >= 15 is 0 Å². The minimum Gasteiger partial charge on any atom is -0.488 e. The molecular weight excluding hydrogens is 214 g/mol. The molecule has 1 aromatic carbocycles. The number of pyridine rings is 1. The highest BCUT2D eigenvalue weighted by molar-refractivity contribution is 5.84. The molecule has 0 aliphatic heterocycles. The topological polar surface area (TPSA) is 42.4 Å². The Balaban J connectivity index is 2.24. The van der Waals surface area contributed by atoms with E-state index in [1.807, 2.05) is 37.3 Å². The number of hydrogen-bond donors (Lipinski definition) is 1. The highest BCUT2D eigenvalue weighted by Gasteiger charge is 2.10. The average Bonchev–Trinajstić information content (AvgIpc) is 2.28. The molecule has 1 heterocycles. The van der Waals surface area contributed by atoms with Crippen LogP contribution in [0.15, 0.2) is 36.5 Å². The summed E-state index contributed by atoms with van der Waals surface area (Å²) in [5, 5.41) is 10.4. The first-order valence-electron chi connectivity index (χ1n) is 5.85. The summed E-state index contributed by atoms with van der Waals surface area (Å²) in [5.41, 5.74) is 0.868. The van der Waals surface area contributed by atoms with Gasteiger partial charge < -0.3 is 9.84 Å². The Morgan fingerprint density at radius 2 is 2.00 bits per heavy atom. The number of ether oxygens (including phenoxy) is 1. The van der Waals surface area contributed by atoms with Gasteiger partial charge in [-0.25, -0.2) is 0 Å². The normalized spacial score (nSPS) is 14.5. The van der Waals surface area contributed by atoms with Gasteiger partial charge in [-0.3, -0.25) is 4.98 Å². The summed E-state index contributed by atoms with van der Waals surface area (Å²) in [6, 6.07) is 9.79. The van der Waals surface area contributed by atoms with E-state index in [1.165, 1.54) is 0 Å². The number of benzene rings is 1. The van der Waals surface area contributed by atoms with E-state index < -0.39 is 0 Å². The molecule has 3 nitrogen and oxygen atoms in total. The lowest BCUT2D eigenvalue weighted by Gasteiger charge is -2.16. The van der Waals surface area contributed by atoms with Crippen LogP contribution in [0.1, 0.15) is 20.3 Å². The molecule has 1 aromatic heterocycles. The lowest BCUT2D eigenvalue weighted by molar-refractivity contribution is 0.116. The molecule has 2 atom stereocenters. The quantitative estimate of drug-likeness (QED) is 0.879. The van der Waals surface area contributed by atoms with Gasteiger partial charge in [-0.05, 0) is 26.0 Å². The first-order valence-corrected chi connectivity index (χ1v) is 5.85. The van der Waals surface area contributed by atoms with Crippen LogP contribution in [0, 0.1) is 0 Å². The SMILES string of the molecule is CC(O)CC(C)Oc1cccc2cccnc12. The van der Waals surface area contributed by atoms with Gasteiger partial charge in [0, 0.05) is 18.0 Å². The van der Waals surface area contributed by atoms with Gasteiger partial charge in [0.2, 0.25) is 0 Å². The van der Waals surface area contributed by atoms with Gasteiger partial charge in [-0.1, -0.05) is 18.2 Å². The van der Waals surface area contributed by atoms with E-state index in [9.17, 15) is 5.11 Å². The summed E-state index contributed by atoms with van der Waals surface area (Å²) in [7, 11) is 0. The van der Waals surface area contributed by atoms with Gasteiger partial charge in [-0.2, -0.15) is 0 Å². The maximum atomic E-state index is 9.32. The van der Waals surface area contributed by atoms with Gasteiger partial charge in [0.1, 0.15) is 11.3 Å². The molecule has 17 heavy (non-hydrogen) atoms. The van der Waals surface area contributed by atoms with Crippen LogP contribution in [0.4, 0.5) is 0 Å². The summed E-state index contributed by atoms with van der Waals surface area (Å²) < 4.78 is 5.82. The second-order valence-corrected chi connectivity index (χ2v) is 4.34. The van der Waals surface area contributed by atoms with Crippen LogP contribution in [-0.4, -0.2) is 22.3 Å². The number of aliphatic hydroxyl groups excluding tert-OH is 1. The summed E-state index contributed by atoms with van der Waals surface area (Å²) in [4.78, 5) is 4.33. The Morgan fingerprint density at radius 3 is 2.76 bits per heavy atom. The van der Waals surface area contributed by atoms with Crippen LogP contribution >= 0.6 is 0 Å². The summed E-state index contributed by atoms with van der Waals surface area (Å²) in [6.45, 7) is 3.72. The molecule has 0 amide bonds. The third kappa shape index (κ3) is 2.94. The smallest absolute Gasteiger partial charge is 0.145 e. The van der Waals surface area contributed by atoms with E-state index in [4.69, 9.17) is 4.74 Å². The Hall–Kier alpha value is -1.61. The molecule has 0 bridgehead atoms. The highest BCUT2D eigenvalue weighted by Crippen LogP contribution is 2.24. The van der Waals surface area contributed by atoms with E-state index in [-0.39, 0.29) is 12.2 Å². The number of fused-ring (bicyclic) bond motifs is 1. The third-order valence-electron chi connectivity index (χ3n) is 2.60. The second-order valence-electron chi connectivity index (χ2n) is 4.34. The fourth-order valence-corrected chi connectivity index (χ4v) is 1.92. The molecule has 0 radical (unpaired) electrons. The van der Waals surface area contributed by atoms with Crippen molar-refractivity contribution >= 4 is 10.9 Å². The van der Waals surface area contributed by atoms with Gasteiger partial charge in [0.15, 0.2) is 0 Å². The fourth-order valence-electron chi connectivity index (χ4n) is 1.92. The molecule has 0 saturated heterocycles. The predicted molar refractivity (Wildman–Crippen MR) is 68.1 cm³/mol. The van der Waals surface area contributed by atoms with Crippen LogP contribution < -0.4 is 4.74 Å².